The Morgan fingerprint density at radius 3 is 2.80 bits per heavy atom. The molecule has 106 valence electrons. The molecule has 0 aliphatic heterocycles. The molecule has 0 fully saturated rings. The van der Waals surface area contributed by atoms with Gasteiger partial charge in [-0.1, -0.05) is 0 Å². The molecule has 1 N–H and O–H groups in total. The lowest BCUT2D eigenvalue weighted by Crippen LogP contribution is -2.08. The number of hydrogen-bond donors (Lipinski definition) is 1. The van der Waals surface area contributed by atoms with Crippen molar-refractivity contribution in [1.29, 1.82) is 0 Å². The van der Waals surface area contributed by atoms with Crippen LogP contribution in [0.5, 0.6) is 0 Å². The van der Waals surface area contributed by atoms with Gasteiger partial charge in [0.2, 0.25) is 0 Å². The molecule has 3 heterocycles. The molecular weight excluding hydrogens is 274 g/mol. The van der Waals surface area contributed by atoms with E-state index in [0.717, 1.165) is 47.0 Å². The van der Waals surface area contributed by atoms with Gasteiger partial charge in [0.05, 0.1) is 5.69 Å². The summed E-state index contributed by atoms with van der Waals surface area (Å²) in [7, 11) is 1.87. The first-order valence-electron chi connectivity index (χ1n) is 6.60. The van der Waals surface area contributed by atoms with Gasteiger partial charge in [-0.3, -0.25) is 4.68 Å². The molecule has 8 heteroatoms. The van der Waals surface area contributed by atoms with Crippen LogP contribution >= 0.6 is 12.2 Å². The minimum absolute atomic E-state index is 0.721. The van der Waals surface area contributed by atoms with E-state index in [-0.39, 0.29) is 0 Å². The van der Waals surface area contributed by atoms with Crippen LogP contribution in [0.4, 0.5) is 0 Å². The van der Waals surface area contributed by atoms with Gasteiger partial charge < -0.3 is 9.55 Å². The molecule has 3 rings (SSSR count). The molecule has 0 unspecified atom stereocenters. The Balaban J connectivity index is 1.98. The van der Waals surface area contributed by atoms with Crippen molar-refractivity contribution >= 4 is 23.4 Å². The number of hydrogen-bond acceptors (Lipinski definition) is 4. The second-order valence-corrected chi connectivity index (χ2v) is 5.15. The monoisotopic (exact) mass is 291 g/mol. The predicted molar refractivity (Wildman–Crippen MR) is 78.0 cm³/mol. The standard InChI is InChI=1S/C12H17N7S/c1-4-19-11-10(8(2)15-19)14-12(20)18(11)6-5-9-13-7-17(3)16-9/h7H,4-6H2,1-3H3,(H,14,20). The SMILES string of the molecule is CCn1nc(C)c2[nH]c(=S)n(CCc3ncn(C)n3)c21. The van der Waals surface area contributed by atoms with Gasteiger partial charge in [0.25, 0.3) is 0 Å². The maximum Gasteiger partial charge on any atom is 0.179 e. The third-order valence-corrected chi connectivity index (χ3v) is 3.66. The highest BCUT2D eigenvalue weighted by Crippen LogP contribution is 2.18. The van der Waals surface area contributed by atoms with Gasteiger partial charge in [-0.2, -0.15) is 10.2 Å². The molecule has 0 saturated heterocycles. The fourth-order valence-corrected chi connectivity index (χ4v) is 2.68. The normalized spacial score (nSPS) is 11.6. The second kappa shape index (κ2) is 4.86. The Bertz CT molecular complexity index is 804. The Kier molecular flexibility index (Phi) is 3.17. The van der Waals surface area contributed by atoms with Crippen molar-refractivity contribution in [2.24, 2.45) is 7.05 Å². The van der Waals surface area contributed by atoms with Crippen molar-refractivity contribution in [3.8, 4) is 0 Å². The zero-order valence-corrected chi connectivity index (χ0v) is 12.6. The lowest BCUT2D eigenvalue weighted by molar-refractivity contribution is 0.613. The molecule has 0 aliphatic rings. The van der Waals surface area contributed by atoms with Gasteiger partial charge in [-0.15, -0.1) is 0 Å². The molecule has 20 heavy (non-hydrogen) atoms. The molecule has 3 aromatic rings. The highest BCUT2D eigenvalue weighted by molar-refractivity contribution is 7.71. The summed E-state index contributed by atoms with van der Waals surface area (Å²) in [6.07, 6.45) is 2.46. The lowest BCUT2D eigenvalue weighted by Gasteiger charge is -2.04. The van der Waals surface area contributed by atoms with Crippen LogP contribution in [0.3, 0.4) is 0 Å². The van der Waals surface area contributed by atoms with E-state index in [4.69, 9.17) is 12.2 Å². The summed E-state index contributed by atoms with van der Waals surface area (Å²) in [5, 5.41) is 8.81. The molecule has 7 nitrogen and oxygen atoms in total. The molecule has 0 amide bonds. The predicted octanol–water partition coefficient (Wildman–Crippen LogP) is 1.59. The first-order chi connectivity index (χ1) is 9.60. The van der Waals surface area contributed by atoms with Crippen molar-refractivity contribution < 1.29 is 0 Å². The average Bonchev–Trinajstić information content (AvgIpc) is 3.05. The quantitative estimate of drug-likeness (QED) is 0.741. The van der Waals surface area contributed by atoms with Crippen molar-refractivity contribution in [2.45, 2.75) is 33.4 Å². The Morgan fingerprint density at radius 2 is 2.15 bits per heavy atom. The molecule has 3 aromatic heterocycles. The lowest BCUT2D eigenvalue weighted by atomic mass is 10.4. The second-order valence-electron chi connectivity index (χ2n) is 4.77. The van der Waals surface area contributed by atoms with Gasteiger partial charge >= 0.3 is 0 Å². The molecule has 0 bridgehead atoms. The summed E-state index contributed by atoms with van der Waals surface area (Å²) in [6, 6.07) is 0. The largest absolute Gasteiger partial charge is 0.328 e. The van der Waals surface area contributed by atoms with E-state index < -0.39 is 0 Å². The number of imidazole rings is 1. The van der Waals surface area contributed by atoms with Crippen LogP contribution in [-0.2, 0) is 26.6 Å². The van der Waals surface area contributed by atoms with Crippen LogP contribution < -0.4 is 0 Å². The summed E-state index contributed by atoms with van der Waals surface area (Å²) in [6.45, 7) is 5.63. The summed E-state index contributed by atoms with van der Waals surface area (Å²) in [4.78, 5) is 7.48. The molecule has 0 spiro atoms. The zero-order chi connectivity index (χ0) is 14.3. The number of nitrogens with zero attached hydrogens (tertiary/aromatic N) is 6. The fourth-order valence-electron chi connectivity index (χ4n) is 2.40. The summed E-state index contributed by atoms with van der Waals surface area (Å²) in [5.74, 6) is 0.822. The van der Waals surface area contributed by atoms with E-state index in [2.05, 4.69) is 31.7 Å². The number of nitrogens with one attached hydrogen (secondary N) is 1. The van der Waals surface area contributed by atoms with Crippen LogP contribution in [-0.4, -0.2) is 34.1 Å². The van der Waals surface area contributed by atoms with Gasteiger partial charge in [0.15, 0.2) is 16.2 Å². The van der Waals surface area contributed by atoms with E-state index >= 15 is 0 Å². The van der Waals surface area contributed by atoms with E-state index in [1.54, 1.807) is 11.0 Å². The van der Waals surface area contributed by atoms with Gasteiger partial charge in [-0.05, 0) is 26.1 Å². The molecular formula is C12H17N7S. The van der Waals surface area contributed by atoms with E-state index in [9.17, 15) is 0 Å². The Labute approximate surface area is 121 Å². The topological polar surface area (TPSA) is 69.2 Å². The van der Waals surface area contributed by atoms with Crippen molar-refractivity contribution in [1.82, 2.24) is 34.1 Å². The Hall–Kier alpha value is -1.96. The van der Waals surface area contributed by atoms with E-state index in [0.29, 0.717) is 0 Å². The highest BCUT2D eigenvalue weighted by Gasteiger charge is 2.14. The van der Waals surface area contributed by atoms with Crippen molar-refractivity contribution in [3.63, 3.8) is 0 Å². The van der Waals surface area contributed by atoms with Gasteiger partial charge in [0.1, 0.15) is 11.8 Å². The van der Waals surface area contributed by atoms with Crippen LogP contribution in [0.1, 0.15) is 18.4 Å². The minimum atomic E-state index is 0.721. The number of H-pyrrole nitrogens is 1. The summed E-state index contributed by atoms with van der Waals surface area (Å²) in [5.41, 5.74) is 3.04. The van der Waals surface area contributed by atoms with Crippen LogP contribution in [0.25, 0.3) is 11.2 Å². The maximum atomic E-state index is 5.41. The third-order valence-electron chi connectivity index (χ3n) is 3.34. The van der Waals surface area contributed by atoms with Crippen LogP contribution in [0, 0.1) is 11.7 Å². The third kappa shape index (κ3) is 2.05. The first-order valence-corrected chi connectivity index (χ1v) is 7.01. The first kappa shape index (κ1) is 13.0. The smallest absolute Gasteiger partial charge is 0.179 e. The maximum absolute atomic E-state index is 5.41. The van der Waals surface area contributed by atoms with E-state index in [1.165, 1.54) is 0 Å². The number of rotatable bonds is 4. The molecule has 0 aromatic carbocycles. The Morgan fingerprint density at radius 1 is 1.35 bits per heavy atom. The number of aromatic nitrogens is 7. The van der Waals surface area contributed by atoms with Gasteiger partial charge in [0, 0.05) is 26.6 Å². The van der Waals surface area contributed by atoms with E-state index in [1.807, 2.05) is 18.7 Å². The van der Waals surface area contributed by atoms with Crippen molar-refractivity contribution in [2.75, 3.05) is 0 Å². The molecule has 0 radical (unpaired) electrons. The average molecular weight is 291 g/mol. The van der Waals surface area contributed by atoms with Crippen LogP contribution in [0.2, 0.25) is 0 Å². The molecule has 0 saturated carbocycles. The van der Waals surface area contributed by atoms with Crippen molar-refractivity contribution in [3.05, 3.63) is 22.6 Å². The van der Waals surface area contributed by atoms with Crippen LogP contribution in [0.15, 0.2) is 6.33 Å². The minimum Gasteiger partial charge on any atom is -0.328 e. The molecule has 0 atom stereocenters. The number of aryl methyl sites for hydroxylation is 5. The highest BCUT2D eigenvalue weighted by atomic mass is 32.1. The number of aromatic amines is 1. The fraction of sp³-hybridized carbons (Fsp3) is 0.500. The summed E-state index contributed by atoms with van der Waals surface area (Å²) < 4.78 is 6.48. The number of fused-ring (bicyclic) bond motifs is 1. The molecule has 0 aliphatic carbocycles. The zero-order valence-electron chi connectivity index (χ0n) is 11.8. The van der Waals surface area contributed by atoms with Gasteiger partial charge in [-0.25, -0.2) is 9.67 Å². The summed E-state index contributed by atoms with van der Waals surface area (Å²) >= 11 is 5.41.